The van der Waals surface area contributed by atoms with Gasteiger partial charge < -0.3 is 20.1 Å². The lowest BCUT2D eigenvalue weighted by Crippen LogP contribution is -2.26. The summed E-state index contributed by atoms with van der Waals surface area (Å²) in [6.45, 7) is 3.21. The van der Waals surface area contributed by atoms with Gasteiger partial charge in [0.1, 0.15) is 12.4 Å². The number of carboxylic acid groups (broad SMARTS) is 1. The van der Waals surface area contributed by atoms with Gasteiger partial charge in [0.2, 0.25) is 5.88 Å². The molecule has 0 bridgehead atoms. The van der Waals surface area contributed by atoms with Gasteiger partial charge in [-0.3, -0.25) is 0 Å². The fourth-order valence-electron chi connectivity index (χ4n) is 2.21. The second kappa shape index (κ2) is 8.03. The summed E-state index contributed by atoms with van der Waals surface area (Å²) >= 11 is 0. The number of benzene rings is 1. The van der Waals surface area contributed by atoms with Crippen molar-refractivity contribution in [3.63, 3.8) is 0 Å². The van der Waals surface area contributed by atoms with Crippen LogP contribution in [0.25, 0.3) is 0 Å². The van der Waals surface area contributed by atoms with E-state index in [4.69, 9.17) is 9.84 Å². The molecule has 1 aromatic carbocycles. The molecule has 2 rings (SSSR count). The molecule has 0 atom stereocenters. The topological polar surface area (TPSA) is 74.7 Å². The van der Waals surface area contributed by atoms with Crippen molar-refractivity contribution >= 4 is 11.9 Å². The van der Waals surface area contributed by atoms with Crippen molar-refractivity contribution in [2.45, 2.75) is 13.5 Å². The zero-order valence-corrected chi connectivity index (χ0v) is 13.3. The molecule has 1 amide bonds. The van der Waals surface area contributed by atoms with Crippen LogP contribution in [-0.2, 0) is 6.54 Å². The third-order valence-corrected chi connectivity index (χ3v) is 3.30. The molecule has 1 heterocycles. The number of nitrogens with zero attached hydrogens (tertiary/aromatic N) is 2. The Bertz CT molecular complexity index is 647. The number of amides is 1. The summed E-state index contributed by atoms with van der Waals surface area (Å²) < 4.78 is 5.49. The molecule has 2 aromatic rings. The Morgan fingerprint density at radius 1 is 1.26 bits per heavy atom. The number of pyridine rings is 1. The normalized spacial score (nSPS) is 10.2. The summed E-state index contributed by atoms with van der Waals surface area (Å²) in [4.78, 5) is 17.0. The molecule has 0 aliphatic rings. The van der Waals surface area contributed by atoms with Gasteiger partial charge in [0.25, 0.3) is 0 Å². The zero-order chi connectivity index (χ0) is 16.7. The Balaban J connectivity index is 2.00. The molecule has 122 valence electrons. The van der Waals surface area contributed by atoms with E-state index in [1.165, 1.54) is 5.56 Å². The van der Waals surface area contributed by atoms with Crippen molar-refractivity contribution in [1.29, 1.82) is 0 Å². The van der Waals surface area contributed by atoms with Gasteiger partial charge in [0, 0.05) is 19.7 Å². The van der Waals surface area contributed by atoms with Crippen LogP contribution < -0.4 is 15.0 Å². The minimum Gasteiger partial charge on any atom is -0.476 e. The van der Waals surface area contributed by atoms with E-state index in [9.17, 15) is 4.79 Å². The number of nitrogens with one attached hydrogen (secondary N) is 1. The number of anilines is 1. The second-order valence-corrected chi connectivity index (χ2v) is 5.21. The lowest BCUT2D eigenvalue weighted by Gasteiger charge is -2.21. The SMILES string of the molecule is Cc1ccc(OCCNC(=O)O)nc1N(C)Cc1ccccc1. The Morgan fingerprint density at radius 3 is 2.70 bits per heavy atom. The van der Waals surface area contributed by atoms with E-state index in [1.54, 1.807) is 6.07 Å². The van der Waals surface area contributed by atoms with Gasteiger partial charge in [0.05, 0.1) is 6.54 Å². The molecule has 6 nitrogen and oxygen atoms in total. The number of aryl methyl sites for hydroxylation is 1. The van der Waals surface area contributed by atoms with E-state index in [1.807, 2.05) is 38.2 Å². The van der Waals surface area contributed by atoms with Crippen LogP contribution in [0.3, 0.4) is 0 Å². The van der Waals surface area contributed by atoms with Crippen molar-refractivity contribution in [2.75, 3.05) is 25.1 Å². The van der Waals surface area contributed by atoms with Gasteiger partial charge in [-0.05, 0) is 18.1 Å². The summed E-state index contributed by atoms with van der Waals surface area (Å²) in [5, 5.41) is 10.8. The largest absolute Gasteiger partial charge is 0.476 e. The van der Waals surface area contributed by atoms with E-state index in [0.29, 0.717) is 5.88 Å². The predicted molar refractivity (Wildman–Crippen MR) is 89.0 cm³/mol. The van der Waals surface area contributed by atoms with Crippen molar-refractivity contribution in [3.05, 3.63) is 53.6 Å². The Kier molecular flexibility index (Phi) is 5.80. The van der Waals surface area contributed by atoms with E-state index in [0.717, 1.165) is 17.9 Å². The van der Waals surface area contributed by atoms with Crippen LogP contribution in [0.2, 0.25) is 0 Å². The highest BCUT2D eigenvalue weighted by molar-refractivity contribution is 5.64. The molecule has 0 aliphatic heterocycles. The van der Waals surface area contributed by atoms with Gasteiger partial charge >= 0.3 is 6.09 Å². The van der Waals surface area contributed by atoms with Crippen molar-refractivity contribution < 1.29 is 14.6 Å². The van der Waals surface area contributed by atoms with E-state index < -0.39 is 6.09 Å². The number of hydrogen-bond donors (Lipinski definition) is 2. The van der Waals surface area contributed by atoms with Crippen LogP contribution >= 0.6 is 0 Å². The van der Waals surface area contributed by atoms with Gasteiger partial charge in [-0.15, -0.1) is 0 Å². The number of aromatic nitrogens is 1. The van der Waals surface area contributed by atoms with Crippen molar-refractivity contribution in [3.8, 4) is 5.88 Å². The molecular weight excluding hydrogens is 294 g/mol. The summed E-state index contributed by atoms with van der Waals surface area (Å²) in [6, 6.07) is 13.9. The highest BCUT2D eigenvalue weighted by atomic mass is 16.5. The van der Waals surface area contributed by atoms with E-state index >= 15 is 0 Å². The summed E-state index contributed by atoms with van der Waals surface area (Å²) in [5.41, 5.74) is 2.26. The predicted octanol–water partition coefficient (Wildman–Crippen LogP) is 2.67. The molecular formula is C17H21N3O3. The maximum absolute atomic E-state index is 10.4. The monoisotopic (exact) mass is 315 g/mol. The molecule has 0 radical (unpaired) electrons. The summed E-state index contributed by atoms with van der Waals surface area (Å²) in [6.07, 6.45) is -1.06. The van der Waals surface area contributed by atoms with Crippen LogP contribution in [0.1, 0.15) is 11.1 Å². The molecule has 23 heavy (non-hydrogen) atoms. The van der Waals surface area contributed by atoms with Crippen molar-refractivity contribution in [1.82, 2.24) is 10.3 Å². The van der Waals surface area contributed by atoms with Gasteiger partial charge in [-0.25, -0.2) is 4.79 Å². The van der Waals surface area contributed by atoms with E-state index in [2.05, 4.69) is 27.3 Å². The quantitative estimate of drug-likeness (QED) is 0.768. The highest BCUT2D eigenvalue weighted by Gasteiger charge is 2.09. The maximum Gasteiger partial charge on any atom is 0.404 e. The summed E-state index contributed by atoms with van der Waals surface area (Å²) in [7, 11) is 1.98. The molecule has 0 unspecified atom stereocenters. The Labute approximate surface area is 135 Å². The third kappa shape index (κ3) is 5.18. The molecule has 0 aliphatic carbocycles. The smallest absolute Gasteiger partial charge is 0.404 e. The van der Waals surface area contributed by atoms with Crippen molar-refractivity contribution in [2.24, 2.45) is 0 Å². The van der Waals surface area contributed by atoms with Crippen LogP contribution in [0, 0.1) is 6.92 Å². The number of rotatable bonds is 7. The van der Waals surface area contributed by atoms with E-state index in [-0.39, 0.29) is 13.2 Å². The standard InChI is InChI=1S/C17H21N3O3/c1-13-8-9-15(23-11-10-18-17(21)22)19-16(13)20(2)12-14-6-4-3-5-7-14/h3-9,18H,10-12H2,1-2H3,(H,21,22). The average Bonchev–Trinajstić information content (AvgIpc) is 2.53. The Morgan fingerprint density at radius 2 is 2.00 bits per heavy atom. The zero-order valence-electron chi connectivity index (χ0n) is 13.3. The second-order valence-electron chi connectivity index (χ2n) is 5.21. The molecule has 6 heteroatoms. The molecule has 1 aromatic heterocycles. The fourth-order valence-corrected chi connectivity index (χ4v) is 2.21. The first-order valence-electron chi connectivity index (χ1n) is 7.38. The number of hydrogen-bond acceptors (Lipinski definition) is 4. The van der Waals surface area contributed by atoms with Gasteiger partial charge in [0.15, 0.2) is 0 Å². The lowest BCUT2D eigenvalue weighted by atomic mass is 10.2. The van der Waals surface area contributed by atoms with Crippen LogP contribution in [0.4, 0.5) is 10.6 Å². The van der Waals surface area contributed by atoms with Gasteiger partial charge in [-0.2, -0.15) is 4.98 Å². The molecule has 0 fully saturated rings. The van der Waals surface area contributed by atoms with Crippen LogP contribution in [0.5, 0.6) is 5.88 Å². The first-order valence-corrected chi connectivity index (χ1v) is 7.38. The first-order chi connectivity index (χ1) is 11.1. The molecule has 0 spiro atoms. The molecule has 0 saturated carbocycles. The van der Waals surface area contributed by atoms with Crippen LogP contribution in [0.15, 0.2) is 42.5 Å². The first kappa shape index (κ1) is 16.6. The number of ether oxygens (including phenoxy) is 1. The van der Waals surface area contributed by atoms with Gasteiger partial charge in [-0.1, -0.05) is 36.4 Å². The lowest BCUT2D eigenvalue weighted by molar-refractivity contribution is 0.190. The average molecular weight is 315 g/mol. The minimum absolute atomic E-state index is 0.222. The fraction of sp³-hybridized carbons (Fsp3) is 0.294. The third-order valence-electron chi connectivity index (χ3n) is 3.30. The maximum atomic E-state index is 10.4. The van der Waals surface area contributed by atoms with Crippen LogP contribution in [-0.4, -0.2) is 36.4 Å². The number of carbonyl (C=O) groups is 1. The summed E-state index contributed by atoms with van der Waals surface area (Å²) in [5.74, 6) is 1.33. The minimum atomic E-state index is -1.06. The Hall–Kier alpha value is -2.76. The highest BCUT2D eigenvalue weighted by Crippen LogP contribution is 2.21. The molecule has 0 saturated heterocycles. The molecule has 2 N–H and O–H groups in total.